The van der Waals surface area contributed by atoms with Crippen LogP contribution in [0.4, 0.5) is 0 Å². The van der Waals surface area contributed by atoms with Gasteiger partial charge in [-0.2, -0.15) is 5.10 Å². The molecule has 3 aromatic rings. The fourth-order valence-electron chi connectivity index (χ4n) is 4.37. The Morgan fingerprint density at radius 3 is 2.46 bits per heavy atom. The van der Waals surface area contributed by atoms with Gasteiger partial charge in [0.25, 0.3) is 5.91 Å². The average molecular weight is 534 g/mol. The van der Waals surface area contributed by atoms with Gasteiger partial charge in [0.15, 0.2) is 0 Å². The molecule has 2 aromatic carbocycles. The van der Waals surface area contributed by atoms with Gasteiger partial charge in [-0.1, -0.05) is 75.3 Å². The first-order valence-corrected chi connectivity index (χ1v) is 14.3. The number of benzene rings is 2. The van der Waals surface area contributed by atoms with Crippen LogP contribution in [0.2, 0.25) is 0 Å². The van der Waals surface area contributed by atoms with Crippen LogP contribution >= 0.6 is 24.0 Å². The zero-order valence-electron chi connectivity index (χ0n) is 22.0. The Morgan fingerprint density at radius 2 is 1.81 bits per heavy atom. The summed E-state index contributed by atoms with van der Waals surface area (Å²) >= 11 is 7.02. The number of rotatable bonds is 11. The number of amides is 1. The molecule has 0 spiro atoms. The summed E-state index contributed by atoms with van der Waals surface area (Å²) in [6.07, 6.45) is 8.52. The van der Waals surface area contributed by atoms with E-state index in [1.807, 2.05) is 85.4 Å². The van der Waals surface area contributed by atoms with Crippen molar-refractivity contribution in [2.24, 2.45) is 5.92 Å². The number of nitrogens with zero attached hydrogens (tertiary/aromatic N) is 3. The van der Waals surface area contributed by atoms with E-state index in [4.69, 9.17) is 22.1 Å². The quantitative estimate of drug-likeness (QED) is 0.186. The summed E-state index contributed by atoms with van der Waals surface area (Å²) in [5.74, 6) is 1.27. The van der Waals surface area contributed by atoms with E-state index in [0.717, 1.165) is 47.5 Å². The highest BCUT2D eigenvalue weighted by atomic mass is 32.2. The maximum atomic E-state index is 13.4. The number of thioether (sulfide) groups is 1. The minimum absolute atomic E-state index is 0.0101. The van der Waals surface area contributed by atoms with Gasteiger partial charge in [0.2, 0.25) is 0 Å². The predicted molar refractivity (Wildman–Crippen MR) is 158 cm³/mol. The average Bonchev–Trinajstić information content (AvgIpc) is 3.43. The largest absolute Gasteiger partial charge is 0.491 e. The Hall–Kier alpha value is -2.90. The van der Waals surface area contributed by atoms with Crippen molar-refractivity contribution < 1.29 is 9.53 Å². The van der Waals surface area contributed by atoms with Crippen molar-refractivity contribution in [3.8, 4) is 22.7 Å². The van der Waals surface area contributed by atoms with Crippen molar-refractivity contribution in [1.29, 1.82) is 0 Å². The highest BCUT2D eigenvalue weighted by molar-refractivity contribution is 8.26. The van der Waals surface area contributed by atoms with Crippen molar-refractivity contribution in [3.05, 3.63) is 71.3 Å². The maximum absolute atomic E-state index is 13.4. The molecular formula is C30H35N3O2S2. The summed E-state index contributed by atoms with van der Waals surface area (Å²) < 4.78 is 8.31. The molecule has 0 saturated carbocycles. The third kappa shape index (κ3) is 6.70. The molecule has 1 saturated heterocycles. The van der Waals surface area contributed by atoms with E-state index in [1.165, 1.54) is 18.2 Å². The fraction of sp³-hybridized carbons (Fsp3) is 0.367. The molecule has 1 aliphatic heterocycles. The minimum atomic E-state index is -0.0101. The van der Waals surface area contributed by atoms with Crippen molar-refractivity contribution in [2.75, 3.05) is 6.54 Å². The van der Waals surface area contributed by atoms with Gasteiger partial charge in [-0.3, -0.25) is 9.69 Å². The Morgan fingerprint density at radius 1 is 1.08 bits per heavy atom. The van der Waals surface area contributed by atoms with Gasteiger partial charge in [-0.15, -0.1) is 0 Å². The van der Waals surface area contributed by atoms with E-state index >= 15 is 0 Å². The van der Waals surface area contributed by atoms with Gasteiger partial charge >= 0.3 is 0 Å². The summed E-state index contributed by atoms with van der Waals surface area (Å²) in [4.78, 5) is 15.9. The van der Waals surface area contributed by atoms with Crippen LogP contribution in [0.5, 0.6) is 5.75 Å². The molecule has 1 amide bonds. The van der Waals surface area contributed by atoms with Crippen LogP contribution in [0.3, 0.4) is 0 Å². The number of hydrogen-bond donors (Lipinski definition) is 0. The molecule has 1 aliphatic rings. The molecule has 194 valence electrons. The second-order valence-electron chi connectivity index (χ2n) is 9.61. The summed E-state index contributed by atoms with van der Waals surface area (Å²) in [6.45, 7) is 9.10. The van der Waals surface area contributed by atoms with Gasteiger partial charge < -0.3 is 4.74 Å². The molecular weight excluding hydrogens is 498 g/mol. The summed E-state index contributed by atoms with van der Waals surface area (Å²) in [6, 6.07) is 17.9. The first kappa shape index (κ1) is 27.1. The van der Waals surface area contributed by atoms with Gasteiger partial charge in [0.1, 0.15) is 10.1 Å². The number of thiocarbonyl (C=S) groups is 1. The standard InChI is InChI=1S/C30H35N3O2S2/c1-5-7-11-22(6-2)19-32-29(34)27(37-30(32)36)18-24-20-33(25-12-9-8-10-13-25)31-28(24)23-14-16-26(17-15-23)35-21(3)4/h8-10,12-18,20-22H,5-7,11,19H2,1-4H3/b27-18-/t22-/m1/s1. The molecule has 1 atom stereocenters. The van der Waals surface area contributed by atoms with Gasteiger partial charge in [0.05, 0.1) is 22.4 Å². The number of carbonyl (C=O) groups excluding carboxylic acids is 1. The van der Waals surface area contributed by atoms with Gasteiger partial charge in [0, 0.05) is 23.9 Å². The number of unbranched alkanes of at least 4 members (excludes halogenated alkanes) is 1. The van der Waals surface area contributed by atoms with Crippen molar-refractivity contribution in [1.82, 2.24) is 14.7 Å². The lowest BCUT2D eigenvalue weighted by Crippen LogP contribution is -2.33. The van der Waals surface area contributed by atoms with E-state index in [0.29, 0.717) is 21.7 Å². The highest BCUT2D eigenvalue weighted by Crippen LogP contribution is 2.36. The monoisotopic (exact) mass is 533 g/mol. The van der Waals surface area contributed by atoms with Crippen LogP contribution in [0.1, 0.15) is 58.9 Å². The number of para-hydroxylation sites is 1. The molecule has 37 heavy (non-hydrogen) atoms. The first-order valence-electron chi connectivity index (χ1n) is 13.1. The Balaban J connectivity index is 1.66. The van der Waals surface area contributed by atoms with Crippen LogP contribution in [0.15, 0.2) is 65.7 Å². The van der Waals surface area contributed by atoms with Crippen LogP contribution in [0, 0.1) is 5.92 Å². The summed E-state index contributed by atoms with van der Waals surface area (Å²) in [5.41, 5.74) is 3.59. The Bertz CT molecular complexity index is 1250. The molecule has 1 aromatic heterocycles. The third-order valence-corrected chi connectivity index (χ3v) is 7.78. The SMILES string of the molecule is CCCC[C@@H](CC)CN1C(=O)/C(=C/c2cn(-c3ccccc3)nc2-c2ccc(OC(C)C)cc2)SC1=S. The predicted octanol–water partition coefficient (Wildman–Crippen LogP) is 7.74. The van der Waals surface area contributed by atoms with Crippen molar-refractivity contribution in [2.45, 2.75) is 59.5 Å². The molecule has 2 heterocycles. The van der Waals surface area contributed by atoms with Gasteiger partial charge in [-0.05, 0) is 68.7 Å². The van der Waals surface area contributed by atoms with E-state index < -0.39 is 0 Å². The second-order valence-corrected chi connectivity index (χ2v) is 11.3. The van der Waals surface area contributed by atoms with Crippen molar-refractivity contribution in [3.63, 3.8) is 0 Å². The van der Waals surface area contributed by atoms with E-state index in [2.05, 4.69) is 13.8 Å². The number of hydrogen-bond acceptors (Lipinski definition) is 5. The highest BCUT2D eigenvalue weighted by Gasteiger charge is 2.33. The molecule has 0 aliphatic carbocycles. The number of aromatic nitrogens is 2. The van der Waals surface area contributed by atoms with E-state index in [9.17, 15) is 4.79 Å². The van der Waals surface area contributed by atoms with Crippen molar-refractivity contribution >= 4 is 40.3 Å². The summed E-state index contributed by atoms with van der Waals surface area (Å²) in [7, 11) is 0. The zero-order valence-corrected chi connectivity index (χ0v) is 23.6. The smallest absolute Gasteiger partial charge is 0.266 e. The molecule has 0 radical (unpaired) electrons. The van der Waals surface area contributed by atoms with E-state index in [-0.39, 0.29) is 12.0 Å². The number of ether oxygens (including phenoxy) is 1. The molecule has 0 bridgehead atoms. The zero-order chi connectivity index (χ0) is 26.4. The molecule has 1 fully saturated rings. The normalized spacial score (nSPS) is 15.7. The van der Waals surface area contributed by atoms with Gasteiger partial charge in [-0.25, -0.2) is 4.68 Å². The van der Waals surface area contributed by atoms with Crippen LogP contribution in [-0.4, -0.2) is 37.6 Å². The fourth-order valence-corrected chi connectivity index (χ4v) is 5.63. The summed E-state index contributed by atoms with van der Waals surface area (Å²) in [5, 5.41) is 4.91. The van der Waals surface area contributed by atoms with Crippen LogP contribution < -0.4 is 4.74 Å². The lowest BCUT2D eigenvalue weighted by molar-refractivity contribution is -0.122. The number of carbonyl (C=O) groups is 1. The lowest BCUT2D eigenvalue weighted by Gasteiger charge is -2.21. The second kappa shape index (κ2) is 12.6. The topological polar surface area (TPSA) is 47.4 Å². The molecule has 5 nitrogen and oxygen atoms in total. The van der Waals surface area contributed by atoms with Crippen LogP contribution in [0.25, 0.3) is 23.0 Å². The van der Waals surface area contributed by atoms with Crippen LogP contribution in [-0.2, 0) is 4.79 Å². The first-order chi connectivity index (χ1) is 17.9. The molecule has 0 N–H and O–H groups in total. The Labute approximate surface area is 229 Å². The maximum Gasteiger partial charge on any atom is 0.266 e. The van der Waals surface area contributed by atoms with E-state index in [1.54, 1.807) is 4.90 Å². The molecule has 7 heteroatoms. The molecule has 4 rings (SSSR count). The third-order valence-electron chi connectivity index (χ3n) is 6.41. The Kier molecular flexibility index (Phi) is 9.22. The lowest BCUT2D eigenvalue weighted by atomic mass is 9.99. The molecule has 0 unspecified atom stereocenters. The minimum Gasteiger partial charge on any atom is -0.491 e.